The van der Waals surface area contributed by atoms with Gasteiger partial charge in [0.25, 0.3) is 0 Å². The highest BCUT2D eigenvalue weighted by Gasteiger charge is 2.21. The lowest BCUT2D eigenvalue weighted by Crippen LogP contribution is -2.11. The molecule has 1 saturated heterocycles. The van der Waals surface area contributed by atoms with Crippen LogP contribution in [0.15, 0.2) is 18.2 Å². The van der Waals surface area contributed by atoms with Gasteiger partial charge in [-0.2, -0.15) is 0 Å². The van der Waals surface area contributed by atoms with E-state index in [1.807, 2.05) is 0 Å². The molecular weight excluding hydrogens is 214 g/mol. The SMILES string of the molecule is OC(CC1CCCO1)c1ccc(F)c(F)c1. The molecule has 1 aliphatic rings. The first kappa shape index (κ1) is 11.5. The fourth-order valence-corrected chi connectivity index (χ4v) is 1.93. The van der Waals surface area contributed by atoms with E-state index in [0.29, 0.717) is 12.0 Å². The fraction of sp³-hybridized carbons (Fsp3) is 0.500. The molecule has 0 aromatic heterocycles. The average molecular weight is 228 g/mol. The van der Waals surface area contributed by atoms with Gasteiger partial charge in [-0.05, 0) is 30.5 Å². The largest absolute Gasteiger partial charge is 0.388 e. The minimum atomic E-state index is -0.927. The molecule has 0 spiro atoms. The number of aliphatic hydroxyl groups is 1. The molecule has 0 bridgehead atoms. The molecule has 1 aliphatic heterocycles. The number of ether oxygens (including phenoxy) is 1. The van der Waals surface area contributed by atoms with Gasteiger partial charge in [0.15, 0.2) is 11.6 Å². The van der Waals surface area contributed by atoms with Crippen molar-refractivity contribution in [3.05, 3.63) is 35.4 Å². The third kappa shape index (κ3) is 2.57. The Morgan fingerprint density at radius 2 is 2.19 bits per heavy atom. The van der Waals surface area contributed by atoms with E-state index in [1.54, 1.807) is 0 Å². The average Bonchev–Trinajstić information content (AvgIpc) is 2.74. The van der Waals surface area contributed by atoms with Gasteiger partial charge in [-0.3, -0.25) is 0 Å². The first-order valence-electron chi connectivity index (χ1n) is 5.41. The van der Waals surface area contributed by atoms with Crippen LogP contribution in [0.5, 0.6) is 0 Å². The van der Waals surface area contributed by atoms with Crippen molar-refractivity contribution in [3.63, 3.8) is 0 Å². The van der Waals surface area contributed by atoms with Crippen molar-refractivity contribution in [2.45, 2.75) is 31.5 Å². The van der Waals surface area contributed by atoms with Crippen LogP contribution in [0.3, 0.4) is 0 Å². The minimum absolute atomic E-state index is 0.0307. The number of hydrogen-bond acceptors (Lipinski definition) is 2. The van der Waals surface area contributed by atoms with Crippen LogP contribution >= 0.6 is 0 Å². The second-order valence-corrected chi connectivity index (χ2v) is 4.06. The van der Waals surface area contributed by atoms with Gasteiger partial charge in [-0.1, -0.05) is 6.07 Å². The maximum Gasteiger partial charge on any atom is 0.159 e. The molecule has 0 aliphatic carbocycles. The van der Waals surface area contributed by atoms with Crippen molar-refractivity contribution in [2.24, 2.45) is 0 Å². The lowest BCUT2D eigenvalue weighted by molar-refractivity contribution is 0.0533. The molecule has 0 amide bonds. The van der Waals surface area contributed by atoms with Gasteiger partial charge in [-0.15, -0.1) is 0 Å². The summed E-state index contributed by atoms with van der Waals surface area (Å²) in [5.41, 5.74) is 0.398. The molecule has 2 unspecified atom stereocenters. The first-order chi connectivity index (χ1) is 7.66. The van der Waals surface area contributed by atoms with E-state index < -0.39 is 17.7 Å². The van der Waals surface area contributed by atoms with E-state index in [4.69, 9.17) is 4.74 Å². The first-order valence-corrected chi connectivity index (χ1v) is 5.41. The van der Waals surface area contributed by atoms with E-state index in [9.17, 15) is 13.9 Å². The molecule has 2 nitrogen and oxygen atoms in total. The van der Waals surface area contributed by atoms with Crippen LogP contribution in [0, 0.1) is 11.6 Å². The van der Waals surface area contributed by atoms with E-state index in [0.717, 1.165) is 31.6 Å². The molecule has 1 N–H and O–H groups in total. The zero-order valence-corrected chi connectivity index (χ0v) is 8.83. The zero-order chi connectivity index (χ0) is 11.5. The maximum absolute atomic E-state index is 12.9. The third-order valence-electron chi connectivity index (χ3n) is 2.84. The second-order valence-electron chi connectivity index (χ2n) is 4.06. The van der Waals surface area contributed by atoms with Gasteiger partial charge in [0, 0.05) is 13.0 Å². The van der Waals surface area contributed by atoms with Crippen LogP contribution in [0.4, 0.5) is 8.78 Å². The van der Waals surface area contributed by atoms with Crippen molar-refractivity contribution in [2.75, 3.05) is 6.61 Å². The molecule has 16 heavy (non-hydrogen) atoms. The second kappa shape index (κ2) is 4.89. The molecule has 0 radical (unpaired) electrons. The fourth-order valence-electron chi connectivity index (χ4n) is 1.93. The molecule has 0 saturated carbocycles. The Bertz CT molecular complexity index is 362. The summed E-state index contributed by atoms with van der Waals surface area (Å²) in [6.07, 6.45) is 1.59. The van der Waals surface area contributed by atoms with Crippen molar-refractivity contribution in [1.29, 1.82) is 0 Å². The van der Waals surface area contributed by atoms with Crippen LogP contribution in [0.2, 0.25) is 0 Å². The number of rotatable bonds is 3. The molecule has 2 rings (SSSR count). The van der Waals surface area contributed by atoms with Crippen LogP contribution in [-0.2, 0) is 4.74 Å². The predicted molar refractivity (Wildman–Crippen MR) is 54.9 cm³/mol. The van der Waals surface area contributed by atoms with Gasteiger partial charge >= 0.3 is 0 Å². The Labute approximate surface area is 92.9 Å². The van der Waals surface area contributed by atoms with Crippen LogP contribution in [0.1, 0.15) is 30.9 Å². The highest BCUT2D eigenvalue weighted by atomic mass is 19.2. The Morgan fingerprint density at radius 3 is 2.81 bits per heavy atom. The molecule has 4 heteroatoms. The molecule has 88 valence electrons. The predicted octanol–water partition coefficient (Wildman–Crippen LogP) is 2.57. The molecule has 1 fully saturated rings. The normalized spacial score (nSPS) is 22.3. The zero-order valence-electron chi connectivity index (χ0n) is 8.83. The number of aliphatic hydroxyl groups excluding tert-OH is 1. The molecule has 1 aromatic rings. The summed E-state index contributed by atoms with van der Waals surface area (Å²) in [5, 5.41) is 9.83. The summed E-state index contributed by atoms with van der Waals surface area (Å²) in [5.74, 6) is -1.82. The Balaban J connectivity index is 2.02. The van der Waals surface area contributed by atoms with E-state index in [1.165, 1.54) is 6.07 Å². The topological polar surface area (TPSA) is 29.5 Å². The van der Waals surface area contributed by atoms with Gasteiger partial charge in [0.05, 0.1) is 12.2 Å². The number of benzene rings is 1. The van der Waals surface area contributed by atoms with Gasteiger partial charge in [-0.25, -0.2) is 8.78 Å². The van der Waals surface area contributed by atoms with E-state index >= 15 is 0 Å². The van der Waals surface area contributed by atoms with Crippen LogP contribution in [0.25, 0.3) is 0 Å². The van der Waals surface area contributed by atoms with Gasteiger partial charge in [0.2, 0.25) is 0 Å². The lowest BCUT2D eigenvalue weighted by atomic mass is 10.0. The van der Waals surface area contributed by atoms with E-state index in [2.05, 4.69) is 0 Å². The monoisotopic (exact) mass is 228 g/mol. The minimum Gasteiger partial charge on any atom is -0.388 e. The molecular formula is C12H14F2O2. The van der Waals surface area contributed by atoms with Crippen LogP contribution < -0.4 is 0 Å². The van der Waals surface area contributed by atoms with E-state index in [-0.39, 0.29) is 6.10 Å². The van der Waals surface area contributed by atoms with Crippen molar-refractivity contribution >= 4 is 0 Å². The molecule has 2 atom stereocenters. The smallest absolute Gasteiger partial charge is 0.159 e. The van der Waals surface area contributed by atoms with Crippen LogP contribution in [-0.4, -0.2) is 17.8 Å². The van der Waals surface area contributed by atoms with Gasteiger partial charge in [0.1, 0.15) is 0 Å². The highest BCUT2D eigenvalue weighted by Crippen LogP contribution is 2.25. The third-order valence-corrected chi connectivity index (χ3v) is 2.84. The number of hydrogen-bond donors (Lipinski definition) is 1. The Morgan fingerprint density at radius 1 is 1.38 bits per heavy atom. The summed E-state index contributed by atoms with van der Waals surface area (Å²) in [6.45, 7) is 0.717. The summed E-state index contributed by atoms with van der Waals surface area (Å²) in [7, 11) is 0. The summed E-state index contributed by atoms with van der Waals surface area (Å²) in [6, 6.07) is 3.47. The van der Waals surface area contributed by atoms with Crippen molar-refractivity contribution in [1.82, 2.24) is 0 Å². The molecule has 1 aromatic carbocycles. The summed E-state index contributed by atoms with van der Waals surface area (Å²) < 4.78 is 31.0. The standard InChI is InChI=1S/C12H14F2O2/c13-10-4-3-8(6-11(10)14)12(15)7-9-2-1-5-16-9/h3-4,6,9,12,15H,1-2,5,7H2. The summed E-state index contributed by atoms with van der Waals surface area (Å²) in [4.78, 5) is 0. The number of halogens is 2. The van der Waals surface area contributed by atoms with Crippen molar-refractivity contribution < 1.29 is 18.6 Å². The lowest BCUT2D eigenvalue weighted by Gasteiger charge is -2.15. The van der Waals surface area contributed by atoms with Crippen molar-refractivity contribution in [3.8, 4) is 0 Å². The molecule has 1 heterocycles. The quantitative estimate of drug-likeness (QED) is 0.861. The Hall–Kier alpha value is -1.00. The Kier molecular flexibility index (Phi) is 3.51. The summed E-state index contributed by atoms with van der Waals surface area (Å²) >= 11 is 0. The highest BCUT2D eigenvalue weighted by molar-refractivity contribution is 5.20. The van der Waals surface area contributed by atoms with Gasteiger partial charge < -0.3 is 9.84 Å². The maximum atomic E-state index is 12.9.